The van der Waals surface area contributed by atoms with Crippen molar-refractivity contribution in [2.45, 2.75) is 52.0 Å². The Bertz CT molecular complexity index is 556. The topological polar surface area (TPSA) is 37.8 Å². The second-order valence-electron chi connectivity index (χ2n) is 5.59. The van der Waals surface area contributed by atoms with Crippen molar-refractivity contribution in [3.8, 4) is 0 Å². The van der Waals surface area contributed by atoms with Crippen LogP contribution in [0.2, 0.25) is 0 Å². The van der Waals surface area contributed by atoms with Gasteiger partial charge < -0.3 is 5.32 Å². The molecule has 0 spiro atoms. The molecule has 2 aromatic heterocycles. The first-order valence-electron chi connectivity index (χ1n) is 7.23. The Morgan fingerprint density at radius 2 is 2.05 bits per heavy atom. The molecule has 0 aliphatic heterocycles. The van der Waals surface area contributed by atoms with E-state index in [1.54, 1.807) is 17.7 Å². The largest absolute Gasteiger partial charge is 0.367 e. The summed E-state index contributed by atoms with van der Waals surface area (Å²) in [6.07, 6.45) is 8.25. The maximum atomic E-state index is 4.46. The molecule has 1 aliphatic rings. The molecule has 0 aromatic carbocycles. The van der Waals surface area contributed by atoms with Gasteiger partial charge in [-0.2, -0.15) is 0 Å². The molecule has 1 N–H and O–H groups in total. The fourth-order valence-corrected chi connectivity index (χ4v) is 3.92. The van der Waals surface area contributed by atoms with Crippen molar-refractivity contribution >= 4 is 27.4 Å². The molecule has 3 rings (SSSR count). The van der Waals surface area contributed by atoms with Gasteiger partial charge in [-0.15, -0.1) is 11.3 Å². The average Bonchev–Trinajstić information content (AvgIpc) is 2.83. The third-order valence-corrected chi connectivity index (χ3v) is 5.32. The quantitative estimate of drug-likeness (QED) is 0.903. The van der Waals surface area contributed by atoms with Crippen molar-refractivity contribution in [1.82, 2.24) is 9.97 Å². The molecule has 19 heavy (non-hydrogen) atoms. The van der Waals surface area contributed by atoms with Gasteiger partial charge in [-0.1, -0.05) is 13.3 Å². The van der Waals surface area contributed by atoms with Crippen LogP contribution in [0.3, 0.4) is 0 Å². The third kappa shape index (κ3) is 2.59. The van der Waals surface area contributed by atoms with Crippen LogP contribution in [-0.4, -0.2) is 16.0 Å². The fourth-order valence-electron chi connectivity index (χ4n) is 3.04. The summed E-state index contributed by atoms with van der Waals surface area (Å²) < 4.78 is 0. The van der Waals surface area contributed by atoms with Gasteiger partial charge in [-0.3, -0.25) is 0 Å². The Hall–Kier alpha value is -1.16. The Kier molecular flexibility index (Phi) is 3.69. The minimum atomic E-state index is 0.584. The van der Waals surface area contributed by atoms with E-state index in [0.29, 0.717) is 6.04 Å². The van der Waals surface area contributed by atoms with E-state index in [-0.39, 0.29) is 0 Å². The van der Waals surface area contributed by atoms with Gasteiger partial charge in [0.15, 0.2) is 0 Å². The number of thiophene rings is 1. The molecule has 1 aliphatic carbocycles. The molecule has 2 heterocycles. The molecule has 0 saturated heterocycles. The van der Waals surface area contributed by atoms with Gasteiger partial charge in [-0.05, 0) is 49.5 Å². The molecule has 1 fully saturated rings. The van der Waals surface area contributed by atoms with Crippen LogP contribution in [0, 0.1) is 12.8 Å². The standard InChI is InChI=1S/C15H21N3S/c1-3-11-4-6-12(7-5-11)18-14-13-10(2)8-19-15(13)17-9-16-14/h8-9,11-12H,3-7H2,1-2H3,(H,16,17,18). The predicted octanol–water partition coefficient (Wildman–Crippen LogP) is 4.38. The molecule has 0 bridgehead atoms. The second-order valence-corrected chi connectivity index (χ2v) is 6.45. The molecular formula is C15H21N3S. The monoisotopic (exact) mass is 275 g/mol. The first-order chi connectivity index (χ1) is 9.28. The van der Waals surface area contributed by atoms with Crippen LogP contribution < -0.4 is 5.32 Å². The highest BCUT2D eigenvalue weighted by molar-refractivity contribution is 7.17. The lowest BCUT2D eigenvalue weighted by atomic mass is 9.84. The number of fused-ring (bicyclic) bond motifs is 1. The molecule has 3 nitrogen and oxygen atoms in total. The van der Waals surface area contributed by atoms with E-state index in [9.17, 15) is 0 Å². The summed E-state index contributed by atoms with van der Waals surface area (Å²) in [5.41, 5.74) is 1.28. The number of hydrogen-bond donors (Lipinski definition) is 1. The highest BCUT2D eigenvalue weighted by atomic mass is 32.1. The molecule has 0 radical (unpaired) electrons. The van der Waals surface area contributed by atoms with E-state index in [2.05, 4.69) is 34.5 Å². The van der Waals surface area contributed by atoms with Gasteiger partial charge in [-0.25, -0.2) is 9.97 Å². The highest BCUT2D eigenvalue weighted by Crippen LogP contribution is 2.32. The lowest BCUT2D eigenvalue weighted by molar-refractivity contribution is 0.330. The molecule has 4 heteroatoms. The van der Waals surface area contributed by atoms with Crippen LogP contribution in [0.15, 0.2) is 11.7 Å². The van der Waals surface area contributed by atoms with Gasteiger partial charge in [0.2, 0.25) is 0 Å². The fraction of sp³-hybridized carbons (Fsp3) is 0.600. The maximum Gasteiger partial charge on any atom is 0.138 e. The molecule has 2 aromatic rings. The number of nitrogens with zero attached hydrogens (tertiary/aromatic N) is 2. The summed E-state index contributed by atoms with van der Waals surface area (Å²) >= 11 is 1.70. The minimum absolute atomic E-state index is 0.584. The first-order valence-corrected chi connectivity index (χ1v) is 8.11. The van der Waals surface area contributed by atoms with E-state index in [0.717, 1.165) is 16.6 Å². The number of hydrogen-bond acceptors (Lipinski definition) is 4. The van der Waals surface area contributed by atoms with E-state index in [1.807, 2.05) is 0 Å². The van der Waals surface area contributed by atoms with Gasteiger partial charge in [0, 0.05) is 6.04 Å². The normalized spacial score (nSPS) is 23.7. The smallest absolute Gasteiger partial charge is 0.138 e. The highest BCUT2D eigenvalue weighted by Gasteiger charge is 2.21. The molecule has 102 valence electrons. The van der Waals surface area contributed by atoms with Gasteiger partial charge in [0.1, 0.15) is 17.0 Å². The lowest BCUT2D eigenvalue weighted by Crippen LogP contribution is -2.26. The summed E-state index contributed by atoms with van der Waals surface area (Å²) in [5.74, 6) is 1.97. The zero-order chi connectivity index (χ0) is 13.2. The Morgan fingerprint density at radius 3 is 2.79 bits per heavy atom. The molecule has 0 amide bonds. The van der Waals surface area contributed by atoms with E-state index < -0.39 is 0 Å². The van der Waals surface area contributed by atoms with Crippen molar-refractivity contribution in [3.63, 3.8) is 0 Å². The van der Waals surface area contributed by atoms with Crippen LogP contribution in [0.4, 0.5) is 5.82 Å². The summed E-state index contributed by atoms with van der Waals surface area (Å²) in [6.45, 7) is 4.45. The Labute approximate surface area is 118 Å². The Balaban J connectivity index is 1.77. The second kappa shape index (κ2) is 5.45. The Morgan fingerprint density at radius 1 is 1.26 bits per heavy atom. The van der Waals surface area contributed by atoms with Gasteiger partial charge in [0.25, 0.3) is 0 Å². The van der Waals surface area contributed by atoms with E-state index in [1.165, 1.54) is 43.1 Å². The predicted molar refractivity (Wildman–Crippen MR) is 81.8 cm³/mol. The minimum Gasteiger partial charge on any atom is -0.367 e. The number of aryl methyl sites for hydroxylation is 1. The van der Waals surface area contributed by atoms with Crippen LogP contribution in [0.25, 0.3) is 10.2 Å². The zero-order valence-electron chi connectivity index (χ0n) is 11.6. The summed E-state index contributed by atoms with van der Waals surface area (Å²) in [5, 5.41) is 7.03. The van der Waals surface area contributed by atoms with Crippen LogP contribution in [0.5, 0.6) is 0 Å². The number of aromatic nitrogens is 2. The number of nitrogens with one attached hydrogen (secondary N) is 1. The van der Waals surface area contributed by atoms with Crippen LogP contribution in [-0.2, 0) is 0 Å². The maximum absolute atomic E-state index is 4.46. The van der Waals surface area contributed by atoms with Crippen molar-refractivity contribution < 1.29 is 0 Å². The van der Waals surface area contributed by atoms with Gasteiger partial charge >= 0.3 is 0 Å². The third-order valence-electron chi connectivity index (χ3n) is 4.32. The van der Waals surface area contributed by atoms with Crippen molar-refractivity contribution in [1.29, 1.82) is 0 Å². The number of anilines is 1. The summed E-state index contributed by atoms with van der Waals surface area (Å²) in [7, 11) is 0. The lowest BCUT2D eigenvalue weighted by Gasteiger charge is -2.28. The summed E-state index contributed by atoms with van der Waals surface area (Å²) in [6, 6.07) is 0.584. The van der Waals surface area contributed by atoms with Crippen LogP contribution in [0.1, 0.15) is 44.6 Å². The molecule has 0 atom stereocenters. The van der Waals surface area contributed by atoms with Crippen LogP contribution >= 0.6 is 11.3 Å². The SMILES string of the molecule is CCC1CCC(Nc2ncnc3scc(C)c23)CC1. The summed E-state index contributed by atoms with van der Waals surface area (Å²) in [4.78, 5) is 9.90. The van der Waals surface area contributed by atoms with Crippen molar-refractivity contribution in [2.24, 2.45) is 5.92 Å². The number of rotatable bonds is 3. The zero-order valence-corrected chi connectivity index (χ0v) is 12.5. The van der Waals surface area contributed by atoms with Crippen molar-refractivity contribution in [3.05, 3.63) is 17.3 Å². The molecule has 0 unspecified atom stereocenters. The molecular weight excluding hydrogens is 254 g/mol. The average molecular weight is 275 g/mol. The first kappa shape index (κ1) is 12.9. The van der Waals surface area contributed by atoms with Crippen molar-refractivity contribution in [2.75, 3.05) is 5.32 Å². The van der Waals surface area contributed by atoms with E-state index in [4.69, 9.17) is 0 Å². The van der Waals surface area contributed by atoms with Gasteiger partial charge in [0.05, 0.1) is 5.39 Å². The molecule has 1 saturated carbocycles. The van der Waals surface area contributed by atoms with E-state index >= 15 is 0 Å².